The molecule has 0 aromatic heterocycles. The number of esters is 1. The minimum atomic E-state index is -0.201. The molecular formula is C7H15NO2. The van der Waals surface area contributed by atoms with Gasteiger partial charge in [0.2, 0.25) is 0 Å². The van der Waals surface area contributed by atoms with Crippen LogP contribution in [0.5, 0.6) is 0 Å². The Hall–Kier alpha value is -0.570. The van der Waals surface area contributed by atoms with E-state index in [2.05, 4.69) is 17.0 Å². The van der Waals surface area contributed by atoms with Crippen molar-refractivity contribution in [3.63, 3.8) is 0 Å². The highest BCUT2D eigenvalue weighted by Crippen LogP contribution is 1.85. The van der Waals surface area contributed by atoms with Crippen LogP contribution in [0.3, 0.4) is 0 Å². The van der Waals surface area contributed by atoms with Crippen molar-refractivity contribution >= 4 is 5.97 Å². The Labute approximate surface area is 61.8 Å². The summed E-state index contributed by atoms with van der Waals surface area (Å²) in [6.45, 7) is 4.70. The molecule has 0 aromatic rings. The van der Waals surface area contributed by atoms with Crippen LogP contribution in [0.4, 0.5) is 0 Å². The highest BCUT2D eigenvalue weighted by atomic mass is 16.5. The van der Waals surface area contributed by atoms with Crippen molar-refractivity contribution < 1.29 is 9.53 Å². The fraction of sp³-hybridized carbons (Fsp3) is 0.857. The minimum Gasteiger partial charge on any atom is -0.468 e. The summed E-state index contributed by atoms with van der Waals surface area (Å²) in [5.41, 5.74) is 0. The van der Waals surface area contributed by atoms with Gasteiger partial charge in [-0.3, -0.25) is 4.79 Å². The van der Waals surface area contributed by atoms with Gasteiger partial charge >= 0.3 is 5.97 Å². The van der Waals surface area contributed by atoms with Crippen molar-refractivity contribution in [2.24, 2.45) is 0 Å². The van der Waals surface area contributed by atoms with Gasteiger partial charge in [0.15, 0.2) is 0 Å². The molecule has 60 valence electrons. The summed E-state index contributed by atoms with van der Waals surface area (Å²) in [7, 11) is 1.40. The molecule has 0 fully saturated rings. The van der Waals surface area contributed by atoms with Gasteiger partial charge in [-0.05, 0) is 19.9 Å². The number of rotatable bonds is 4. The summed E-state index contributed by atoms with van der Waals surface area (Å²) >= 11 is 0. The summed E-state index contributed by atoms with van der Waals surface area (Å²) in [4.78, 5) is 10.7. The first-order chi connectivity index (χ1) is 4.72. The number of ether oxygens (including phenoxy) is 1. The molecule has 0 radical (unpaired) electrons. The number of carbonyl (C=O) groups excluding carboxylic acids is 1. The van der Waals surface area contributed by atoms with Crippen molar-refractivity contribution in [2.45, 2.75) is 26.3 Å². The Balaban J connectivity index is 3.41. The topological polar surface area (TPSA) is 38.3 Å². The highest BCUT2D eigenvalue weighted by molar-refractivity contribution is 5.74. The van der Waals surface area contributed by atoms with Crippen molar-refractivity contribution in [3.05, 3.63) is 0 Å². The molecular weight excluding hydrogens is 130 g/mol. The molecule has 10 heavy (non-hydrogen) atoms. The van der Waals surface area contributed by atoms with Crippen LogP contribution in [0.1, 0.15) is 20.3 Å². The lowest BCUT2D eigenvalue weighted by atomic mass is 10.3. The second-order valence-corrected chi connectivity index (χ2v) is 2.20. The molecule has 0 aliphatic carbocycles. The molecule has 0 unspecified atom stereocenters. The first-order valence-electron chi connectivity index (χ1n) is 3.53. The molecule has 0 spiro atoms. The molecule has 0 saturated carbocycles. The van der Waals surface area contributed by atoms with Crippen LogP contribution in [-0.4, -0.2) is 25.7 Å². The van der Waals surface area contributed by atoms with E-state index in [1.807, 2.05) is 0 Å². The molecule has 1 atom stereocenters. The van der Waals surface area contributed by atoms with E-state index < -0.39 is 0 Å². The maximum Gasteiger partial charge on any atom is 0.322 e. The van der Waals surface area contributed by atoms with Crippen molar-refractivity contribution in [1.29, 1.82) is 0 Å². The minimum absolute atomic E-state index is 0.176. The Morgan fingerprint density at radius 1 is 1.70 bits per heavy atom. The van der Waals surface area contributed by atoms with Crippen LogP contribution < -0.4 is 5.32 Å². The van der Waals surface area contributed by atoms with Crippen LogP contribution in [0.2, 0.25) is 0 Å². The molecule has 3 nitrogen and oxygen atoms in total. The lowest BCUT2D eigenvalue weighted by molar-refractivity contribution is -0.142. The average Bonchev–Trinajstić information content (AvgIpc) is 1.98. The zero-order chi connectivity index (χ0) is 7.98. The molecule has 3 heteroatoms. The summed E-state index contributed by atoms with van der Waals surface area (Å²) < 4.78 is 4.51. The predicted molar refractivity (Wildman–Crippen MR) is 39.8 cm³/mol. The number of hydrogen-bond donors (Lipinski definition) is 1. The molecule has 0 heterocycles. The van der Waals surface area contributed by atoms with E-state index in [0.29, 0.717) is 0 Å². The van der Waals surface area contributed by atoms with E-state index in [4.69, 9.17) is 0 Å². The van der Waals surface area contributed by atoms with Crippen LogP contribution in [0.15, 0.2) is 0 Å². The molecule has 0 aliphatic rings. The maximum absolute atomic E-state index is 10.7. The lowest BCUT2D eigenvalue weighted by Crippen LogP contribution is -2.35. The Morgan fingerprint density at radius 2 is 2.30 bits per heavy atom. The number of nitrogens with one attached hydrogen (secondary N) is 1. The third kappa shape index (κ3) is 3.45. The number of hydrogen-bond acceptors (Lipinski definition) is 3. The fourth-order valence-corrected chi connectivity index (χ4v) is 0.621. The highest BCUT2D eigenvalue weighted by Gasteiger charge is 2.09. The Bertz CT molecular complexity index is 104. The molecule has 0 bridgehead atoms. The van der Waals surface area contributed by atoms with E-state index in [9.17, 15) is 4.79 Å². The van der Waals surface area contributed by atoms with Gasteiger partial charge in [-0.1, -0.05) is 6.92 Å². The van der Waals surface area contributed by atoms with Crippen molar-refractivity contribution in [2.75, 3.05) is 13.7 Å². The molecule has 0 aliphatic heterocycles. The molecule has 0 aromatic carbocycles. The zero-order valence-electron chi connectivity index (χ0n) is 6.81. The normalized spacial score (nSPS) is 12.7. The van der Waals surface area contributed by atoms with Gasteiger partial charge in [-0.15, -0.1) is 0 Å². The average molecular weight is 145 g/mol. The largest absolute Gasteiger partial charge is 0.468 e. The van der Waals surface area contributed by atoms with Gasteiger partial charge in [0.1, 0.15) is 6.04 Å². The molecule has 1 N–H and O–H groups in total. The summed E-state index contributed by atoms with van der Waals surface area (Å²) in [6.07, 6.45) is 1.03. The van der Waals surface area contributed by atoms with Gasteiger partial charge in [0.05, 0.1) is 7.11 Å². The first kappa shape index (κ1) is 9.43. The van der Waals surface area contributed by atoms with Crippen LogP contribution in [0.25, 0.3) is 0 Å². The zero-order valence-corrected chi connectivity index (χ0v) is 6.81. The number of methoxy groups -OCH3 is 1. The van der Waals surface area contributed by atoms with E-state index in [1.165, 1.54) is 7.11 Å². The monoisotopic (exact) mass is 145 g/mol. The quantitative estimate of drug-likeness (QED) is 0.587. The van der Waals surface area contributed by atoms with Gasteiger partial charge < -0.3 is 10.1 Å². The second-order valence-electron chi connectivity index (χ2n) is 2.20. The summed E-state index contributed by atoms with van der Waals surface area (Å²) in [5.74, 6) is -0.201. The van der Waals surface area contributed by atoms with Crippen LogP contribution in [0, 0.1) is 0 Å². The third-order valence-corrected chi connectivity index (χ3v) is 1.26. The van der Waals surface area contributed by atoms with Crippen molar-refractivity contribution in [3.8, 4) is 0 Å². The van der Waals surface area contributed by atoms with Crippen LogP contribution >= 0.6 is 0 Å². The van der Waals surface area contributed by atoms with E-state index >= 15 is 0 Å². The van der Waals surface area contributed by atoms with Gasteiger partial charge in [-0.2, -0.15) is 0 Å². The first-order valence-corrected chi connectivity index (χ1v) is 3.53. The van der Waals surface area contributed by atoms with E-state index in [0.717, 1.165) is 13.0 Å². The molecule has 0 saturated heterocycles. The molecule has 0 rings (SSSR count). The van der Waals surface area contributed by atoms with Gasteiger partial charge in [0, 0.05) is 0 Å². The number of carbonyl (C=O) groups is 1. The molecule has 0 amide bonds. The van der Waals surface area contributed by atoms with Gasteiger partial charge in [-0.25, -0.2) is 0 Å². The summed E-state index contributed by atoms with van der Waals surface area (Å²) in [5, 5.41) is 3.01. The fourth-order valence-electron chi connectivity index (χ4n) is 0.621. The van der Waals surface area contributed by atoms with Gasteiger partial charge in [0.25, 0.3) is 0 Å². The second kappa shape index (κ2) is 5.23. The van der Waals surface area contributed by atoms with E-state index in [-0.39, 0.29) is 12.0 Å². The lowest BCUT2D eigenvalue weighted by Gasteiger charge is -2.09. The third-order valence-electron chi connectivity index (χ3n) is 1.26. The van der Waals surface area contributed by atoms with Crippen molar-refractivity contribution in [1.82, 2.24) is 5.32 Å². The Morgan fingerprint density at radius 3 is 2.70 bits per heavy atom. The standard InChI is InChI=1S/C7H15NO2/c1-4-5-8-6(2)7(9)10-3/h6,8H,4-5H2,1-3H3/t6-/m0/s1. The SMILES string of the molecule is CCCN[C@@H](C)C(=O)OC. The van der Waals surface area contributed by atoms with Crippen LogP contribution in [-0.2, 0) is 9.53 Å². The Kier molecular flexibility index (Phi) is 4.94. The maximum atomic E-state index is 10.7. The smallest absolute Gasteiger partial charge is 0.322 e. The predicted octanol–water partition coefficient (Wildman–Crippen LogP) is 0.547. The summed E-state index contributed by atoms with van der Waals surface area (Å²) in [6, 6.07) is -0.176. The van der Waals surface area contributed by atoms with E-state index in [1.54, 1.807) is 6.92 Å².